The molecular weight excluding hydrogens is 536 g/mol. The third-order valence-corrected chi connectivity index (χ3v) is 8.74. The van der Waals surface area contributed by atoms with E-state index in [2.05, 4.69) is 146 Å². The summed E-state index contributed by atoms with van der Waals surface area (Å²) in [5.41, 5.74) is 9.17. The molecule has 44 heavy (non-hydrogen) atoms. The number of para-hydroxylation sites is 1. The summed E-state index contributed by atoms with van der Waals surface area (Å²) in [5.74, 6) is 3.44. The van der Waals surface area contributed by atoms with Crippen molar-refractivity contribution in [1.82, 2.24) is 0 Å². The van der Waals surface area contributed by atoms with Crippen LogP contribution in [0.25, 0.3) is 77.6 Å². The van der Waals surface area contributed by atoms with Crippen molar-refractivity contribution in [2.45, 2.75) is 0 Å². The van der Waals surface area contributed by atoms with Gasteiger partial charge in [0.2, 0.25) is 0 Å². The van der Waals surface area contributed by atoms with E-state index in [0.29, 0.717) is 0 Å². The highest BCUT2D eigenvalue weighted by atomic mass is 16.5. The van der Waals surface area contributed by atoms with E-state index in [1.54, 1.807) is 0 Å². The van der Waals surface area contributed by atoms with Gasteiger partial charge >= 0.3 is 0 Å². The average molecular weight is 563 g/mol. The van der Waals surface area contributed by atoms with Crippen molar-refractivity contribution in [3.05, 3.63) is 158 Å². The number of hydrogen-bond acceptors (Lipinski definition) is 2. The van der Waals surface area contributed by atoms with Gasteiger partial charge in [0.05, 0.1) is 0 Å². The summed E-state index contributed by atoms with van der Waals surface area (Å²) in [6.45, 7) is 0. The third kappa shape index (κ3) is 3.82. The average Bonchev–Trinajstić information content (AvgIpc) is 3.58. The molecule has 0 bridgehead atoms. The van der Waals surface area contributed by atoms with E-state index in [0.717, 1.165) is 56.0 Å². The summed E-state index contributed by atoms with van der Waals surface area (Å²) < 4.78 is 13.0. The zero-order valence-electron chi connectivity index (χ0n) is 23.8. The van der Waals surface area contributed by atoms with Crippen LogP contribution in [0.3, 0.4) is 0 Å². The maximum atomic E-state index is 6.71. The molecule has 0 saturated heterocycles. The van der Waals surface area contributed by atoms with Crippen LogP contribution in [-0.4, -0.2) is 0 Å². The highest BCUT2D eigenvalue weighted by molar-refractivity contribution is 6.10. The Morgan fingerprint density at radius 2 is 0.932 bits per heavy atom. The maximum Gasteiger partial charge on any atom is 0.135 e. The highest BCUT2D eigenvalue weighted by Gasteiger charge is 2.22. The molecule has 2 heteroatoms. The van der Waals surface area contributed by atoms with E-state index >= 15 is 0 Å². The Labute approximate surface area is 255 Å². The molecule has 206 valence electrons. The van der Waals surface area contributed by atoms with Crippen molar-refractivity contribution in [2.24, 2.45) is 0 Å². The summed E-state index contributed by atoms with van der Waals surface area (Å²) in [6, 6.07) is 55.3. The van der Waals surface area contributed by atoms with E-state index in [-0.39, 0.29) is 0 Å². The predicted octanol–water partition coefficient (Wildman–Crippen LogP) is 12.0. The van der Waals surface area contributed by atoms with E-state index in [4.69, 9.17) is 9.15 Å². The first kappa shape index (κ1) is 24.7. The number of hydrogen-bond donors (Lipinski definition) is 0. The lowest BCUT2D eigenvalue weighted by atomic mass is 9.89. The van der Waals surface area contributed by atoms with E-state index in [9.17, 15) is 0 Å². The van der Waals surface area contributed by atoms with Crippen molar-refractivity contribution in [2.75, 3.05) is 0 Å². The molecule has 1 aliphatic heterocycles. The smallest absolute Gasteiger partial charge is 0.135 e. The van der Waals surface area contributed by atoms with Crippen LogP contribution in [0.5, 0.6) is 11.5 Å². The Balaban J connectivity index is 1.20. The minimum Gasteiger partial charge on any atom is -0.456 e. The maximum absolute atomic E-state index is 6.71. The van der Waals surface area contributed by atoms with Gasteiger partial charge in [-0.05, 0) is 74.3 Å². The fraction of sp³-hybridized carbons (Fsp3) is 0. The molecule has 0 spiro atoms. The van der Waals surface area contributed by atoms with Crippen molar-refractivity contribution in [1.29, 1.82) is 0 Å². The molecule has 0 unspecified atom stereocenters. The van der Waals surface area contributed by atoms with Crippen LogP contribution in [0, 0.1) is 0 Å². The van der Waals surface area contributed by atoms with Gasteiger partial charge in [0, 0.05) is 22.1 Å². The summed E-state index contributed by atoms with van der Waals surface area (Å²) >= 11 is 0. The number of ether oxygens (including phenoxy) is 1. The van der Waals surface area contributed by atoms with Gasteiger partial charge in [0.25, 0.3) is 0 Å². The fourth-order valence-corrected chi connectivity index (χ4v) is 6.78. The lowest BCUT2D eigenvalue weighted by Gasteiger charge is -2.22. The van der Waals surface area contributed by atoms with Crippen molar-refractivity contribution >= 4 is 21.5 Å². The minimum atomic E-state index is 0.834. The van der Waals surface area contributed by atoms with Gasteiger partial charge in [-0.1, -0.05) is 127 Å². The van der Waals surface area contributed by atoms with Crippen LogP contribution >= 0.6 is 0 Å². The highest BCUT2D eigenvalue weighted by Crippen LogP contribution is 2.49. The number of furan rings is 1. The quantitative estimate of drug-likeness (QED) is 0.213. The lowest BCUT2D eigenvalue weighted by Crippen LogP contribution is -1.97. The SMILES string of the molecule is c1ccc(-c2cccc3cccc(-c4ccccc4-c4ccc(-c5ccc6c7c(cccc57)-c5ccccc5O6)o4)c23)cc1. The van der Waals surface area contributed by atoms with Crippen molar-refractivity contribution in [3.63, 3.8) is 0 Å². The van der Waals surface area contributed by atoms with Gasteiger partial charge in [-0.15, -0.1) is 0 Å². The summed E-state index contributed by atoms with van der Waals surface area (Å²) in [4.78, 5) is 0. The Morgan fingerprint density at radius 1 is 0.318 bits per heavy atom. The van der Waals surface area contributed by atoms with Crippen molar-refractivity contribution in [3.8, 4) is 67.5 Å². The molecule has 2 nitrogen and oxygen atoms in total. The molecule has 7 aromatic carbocycles. The van der Waals surface area contributed by atoms with Crippen molar-refractivity contribution < 1.29 is 9.15 Å². The molecule has 0 atom stereocenters. The van der Waals surface area contributed by atoms with Gasteiger partial charge in [-0.25, -0.2) is 0 Å². The fourth-order valence-electron chi connectivity index (χ4n) is 6.78. The molecule has 0 fully saturated rings. The Morgan fingerprint density at radius 3 is 1.75 bits per heavy atom. The minimum absolute atomic E-state index is 0.834. The molecule has 1 aliphatic rings. The van der Waals surface area contributed by atoms with Crippen LogP contribution < -0.4 is 4.74 Å². The third-order valence-electron chi connectivity index (χ3n) is 8.74. The van der Waals surface area contributed by atoms with Crippen LogP contribution in [0.1, 0.15) is 0 Å². The molecular formula is C42H26O2. The molecule has 2 heterocycles. The van der Waals surface area contributed by atoms with Crippen LogP contribution in [0.2, 0.25) is 0 Å². The Hall–Kier alpha value is -5.86. The number of fused-ring (bicyclic) bond motifs is 3. The lowest BCUT2D eigenvalue weighted by molar-refractivity contribution is 0.487. The van der Waals surface area contributed by atoms with E-state index in [1.165, 1.54) is 33.0 Å². The number of rotatable bonds is 4. The molecule has 0 aliphatic carbocycles. The van der Waals surface area contributed by atoms with Gasteiger partial charge in [-0.2, -0.15) is 0 Å². The number of benzene rings is 7. The van der Waals surface area contributed by atoms with E-state index < -0.39 is 0 Å². The zero-order valence-corrected chi connectivity index (χ0v) is 23.8. The standard InChI is InChI=1S/C42H26O2/c1-2-11-27(12-3-1)29-18-8-13-28-14-9-19-34(41(28)29)30-15-4-5-16-31(30)38-25-26-39(43-38)33-23-24-40-42-35(20-10-21-36(33)42)32-17-6-7-22-37(32)44-40/h1-26H. The molecule has 1 aromatic heterocycles. The summed E-state index contributed by atoms with van der Waals surface area (Å²) in [7, 11) is 0. The molecule has 9 rings (SSSR count). The second-order valence-corrected chi connectivity index (χ2v) is 11.2. The summed E-state index contributed by atoms with van der Waals surface area (Å²) in [6.07, 6.45) is 0. The first-order valence-corrected chi connectivity index (χ1v) is 14.9. The molecule has 0 amide bonds. The first-order chi connectivity index (χ1) is 21.8. The van der Waals surface area contributed by atoms with Crippen LogP contribution in [0.4, 0.5) is 0 Å². The first-order valence-electron chi connectivity index (χ1n) is 14.9. The second-order valence-electron chi connectivity index (χ2n) is 11.2. The van der Waals surface area contributed by atoms with Gasteiger partial charge in [0.15, 0.2) is 0 Å². The monoisotopic (exact) mass is 562 g/mol. The topological polar surface area (TPSA) is 22.4 Å². The van der Waals surface area contributed by atoms with Crippen LogP contribution in [0.15, 0.2) is 162 Å². The largest absolute Gasteiger partial charge is 0.456 e. The van der Waals surface area contributed by atoms with Gasteiger partial charge in [-0.3, -0.25) is 0 Å². The molecule has 0 N–H and O–H groups in total. The van der Waals surface area contributed by atoms with E-state index in [1.807, 2.05) is 12.1 Å². The Kier molecular flexibility index (Phi) is 5.54. The van der Waals surface area contributed by atoms with Crippen LogP contribution in [-0.2, 0) is 0 Å². The van der Waals surface area contributed by atoms with Gasteiger partial charge in [0.1, 0.15) is 23.0 Å². The predicted molar refractivity (Wildman–Crippen MR) is 181 cm³/mol. The Bertz CT molecular complexity index is 2360. The summed E-state index contributed by atoms with van der Waals surface area (Å²) in [5, 5.41) is 4.69. The second kappa shape index (κ2) is 9.86. The van der Waals surface area contributed by atoms with Gasteiger partial charge < -0.3 is 9.15 Å². The molecule has 0 saturated carbocycles. The molecule has 8 aromatic rings. The normalized spacial score (nSPS) is 11.8. The zero-order chi connectivity index (χ0) is 29.0. The molecule has 0 radical (unpaired) electrons.